The molecule has 206 valence electrons. The van der Waals surface area contributed by atoms with Gasteiger partial charge >= 0.3 is 5.97 Å². The highest BCUT2D eigenvalue weighted by Gasteiger charge is 2.85. The Bertz CT molecular complexity index is 914. The first-order valence-electron chi connectivity index (χ1n) is 14.5. The summed E-state index contributed by atoms with van der Waals surface area (Å²) < 4.78 is 0. The van der Waals surface area contributed by atoms with Gasteiger partial charge in [0.25, 0.3) is 0 Å². The Balaban J connectivity index is 1.41. The standard InChI is InChI=1S/C30H50O6/c1-17(7-10-21(31)25(2,3)36)18-11-12-27(5)19-8-9-20-28(6,24(34)35)22(32)15-23(33)30(20)16-29(19,30)14-13-26(18,27)4/h17-23,31-33,36H,7-16H2,1-6H3,(H,34,35)/t17-,18-,19+,20+,21+,22+,23+,26-,27+,28+,29+,30-/m1/s1. The molecule has 12 atom stereocenters. The number of hydrogen-bond donors (Lipinski definition) is 5. The molecule has 0 amide bonds. The first kappa shape index (κ1) is 26.9. The van der Waals surface area contributed by atoms with Crippen molar-refractivity contribution in [2.24, 2.45) is 50.7 Å². The second-order valence-corrected chi connectivity index (χ2v) is 15.1. The Hall–Kier alpha value is -0.690. The molecule has 5 rings (SSSR count). The topological polar surface area (TPSA) is 118 Å². The minimum Gasteiger partial charge on any atom is -0.481 e. The van der Waals surface area contributed by atoms with Gasteiger partial charge in [-0.25, -0.2) is 0 Å². The van der Waals surface area contributed by atoms with Gasteiger partial charge in [0, 0.05) is 11.8 Å². The molecule has 0 bridgehead atoms. The molecule has 0 aromatic heterocycles. The van der Waals surface area contributed by atoms with Gasteiger partial charge in [-0.1, -0.05) is 20.8 Å². The number of aliphatic carboxylic acids is 1. The Morgan fingerprint density at radius 3 is 2.19 bits per heavy atom. The molecule has 6 heteroatoms. The summed E-state index contributed by atoms with van der Waals surface area (Å²) in [4.78, 5) is 12.5. The molecule has 5 aliphatic rings. The second kappa shape index (κ2) is 7.92. The highest BCUT2D eigenvalue weighted by molar-refractivity contribution is 5.76. The highest BCUT2D eigenvalue weighted by Crippen LogP contribution is 2.89. The van der Waals surface area contributed by atoms with Crippen molar-refractivity contribution in [3.8, 4) is 0 Å². The van der Waals surface area contributed by atoms with E-state index in [1.54, 1.807) is 20.8 Å². The van der Waals surface area contributed by atoms with E-state index < -0.39 is 35.3 Å². The van der Waals surface area contributed by atoms with Gasteiger partial charge in [0.05, 0.1) is 29.3 Å². The van der Waals surface area contributed by atoms with Gasteiger partial charge in [-0.2, -0.15) is 0 Å². The lowest BCUT2D eigenvalue weighted by atomic mass is 9.41. The SMILES string of the molecule is C[C@H](CC[C@H](O)C(C)(C)O)[C@H]1CC[C@@]2(C)[C@@H]3CC[C@H]4[C@](C)(C(=O)O)[C@@H](O)C[C@H](O)[C@@]45C[C@@]35CC[C@]12C. The zero-order valence-electron chi connectivity index (χ0n) is 23.3. The fraction of sp³-hybridized carbons (Fsp3) is 0.967. The number of hydrogen-bond acceptors (Lipinski definition) is 5. The van der Waals surface area contributed by atoms with Crippen LogP contribution in [0.25, 0.3) is 0 Å². The Morgan fingerprint density at radius 1 is 0.944 bits per heavy atom. The third-order valence-corrected chi connectivity index (χ3v) is 13.7. The van der Waals surface area contributed by atoms with Crippen molar-refractivity contribution in [3.63, 3.8) is 0 Å². The molecule has 5 N–H and O–H groups in total. The van der Waals surface area contributed by atoms with Crippen LogP contribution in [0.2, 0.25) is 0 Å². The van der Waals surface area contributed by atoms with Crippen LogP contribution in [0.4, 0.5) is 0 Å². The molecule has 5 saturated carbocycles. The zero-order valence-corrected chi connectivity index (χ0v) is 23.3. The summed E-state index contributed by atoms with van der Waals surface area (Å²) in [6, 6.07) is 0. The molecule has 0 aliphatic heterocycles. The van der Waals surface area contributed by atoms with Crippen LogP contribution >= 0.6 is 0 Å². The maximum Gasteiger partial charge on any atom is 0.312 e. The van der Waals surface area contributed by atoms with E-state index in [1.165, 1.54) is 6.42 Å². The minimum atomic E-state index is -1.19. The third kappa shape index (κ3) is 3.08. The lowest BCUT2D eigenvalue weighted by Gasteiger charge is -2.63. The number of carboxylic acid groups (broad SMARTS) is 1. The quantitative estimate of drug-likeness (QED) is 0.365. The van der Waals surface area contributed by atoms with Crippen molar-refractivity contribution in [2.75, 3.05) is 0 Å². The molecule has 0 saturated heterocycles. The molecular weight excluding hydrogens is 456 g/mol. The van der Waals surface area contributed by atoms with Gasteiger partial charge < -0.3 is 25.5 Å². The zero-order chi connectivity index (χ0) is 26.7. The maximum atomic E-state index is 12.5. The summed E-state index contributed by atoms with van der Waals surface area (Å²) in [7, 11) is 0. The van der Waals surface area contributed by atoms with Crippen LogP contribution < -0.4 is 0 Å². The van der Waals surface area contributed by atoms with Gasteiger partial charge in [-0.05, 0) is 118 Å². The fourth-order valence-electron chi connectivity index (χ4n) is 11.3. The smallest absolute Gasteiger partial charge is 0.312 e. The van der Waals surface area contributed by atoms with Gasteiger partial charge in [-0.15, -0.1) is 0 Å². The summed E-state index contributed by atoms with van der Waals surface area (Å²) in [5, 5.41) is 53.1. The van der Waals surface area contributed by atoms with Crippen LogP contribution in [-0.4, -0.2) is 55.4 Å². The average Bonchev–Trinajstić information content (AvgIpc) is 3.40. The van der Waals surface area contributed by atoms with Crippen molar-refractivity contribution in [1.29, 1.82) is 0 Å². The number of aliphatic hydroxyl groups is 4. The maximum absolute atomic E-state index is 12.5. The molecule has 0 aromatic rings. The Morgan fingerprint density at radius 2 is 1.58 bits per heavy atom. The molecule has 0 radical (unpaired) electrons. The number of aliphatic hydroxyl groups excluding tert-OH is 3. The summed E-state index contributed by atoms with van der Waals surface area (Å²) in [6.45, 7) is 12.4. The van der Waals surface area contributed by atoms with E-state index in [1.807, 2.05) is 0 Å². The van der Waals surface area contributed by atoms with Crippen molar-refractivity contribution in [3.05, 3.63) is 0 Å². The van der Waals surface area contributed by atoms with Crippen LogP contribution in [0.1, 0.15) is 106 Å². The highest BCUT2D eigenvalue weighted by atomic mass is 16.4. The van der Waals surface area contributed by atoms with Gasteiger partial charge in [-0.3, -0.25) is 4.79 Å². The van der Waals surface area contributed by atoms with Gasteiger partial charge in [0.2, 0.25) is 0 Å². The second-order valence-electron chi connectivity index (χ2n) is 15.1. The third-order valence-electron chi connectivity index (χ3n) is 13.7. The predicted octanol–water partition coefficient (Wildman–Crippen LogP) is 4.37. The Kier molecular flexibility index (Phi) is 5.92. The average molecular weight is 507 g/mol. The van der Waals surface area contributed by atoms with Crippen LogP contribution in [-0.2, 0) is 4.79 Å². The predicted molar refractivity (Wildman–Crippen MR) is 137 cm³/mol. The van der Waals surface area contributed by atoms with Crippen LogP contribution in [0.3, 0.4) is 0 Å². The van der Waals surface area contributed by atoms with E-state index in [0.29, 0.717) is 24.2 Å². The fourth-order valence-corrected chi connectivity index (χ4v) is 11.3. The first-order chi connectivity index (χ1) is 16.5. The van der Waals surface area contributed by atoms with Crippen molar-refractivity contribution in [1.82, 2.24) is 0 Å². The van der Waals surface area contributed by atoms with E-state index in [9.17, 15) is 30.3 Å². The van der Waals surface area contributed by atoms with E-state index in [0.717, 1.165) is 44.9 Å². The minimum absolute atomic E-state index is 0.00429. The number of carboxylic acids is 1. The molecule has 0 heterocycles. The largest absolute Gasteiger partial charge is 0.481 e. The lowest BCUT2D eigenvalue weighted by molar-refractivity contribution is -0.210. The molecular formula is C30H50O6. The van der Waals surface area contributed by atoms with Gasteiger partial charge in [0.15, 0.2) is 0 Å². The van der Waals surface area contributed by atoms with Crippen molar-refractivity contribution < 1.29 is 30.3 Å². The van der Waals surface area contributed by atoms with E-state index >= 15 is 0 Å². The molecule has 5 aliphatic carbocycles. The molecule has 5 fully saturated rings. The monoisotopic (exact) mass is 506 g/mol. The molecule has 0 unspecified atom stereocenters. The van der Waals surface area contributed by atoms with E-state index in [2.05, 4.69) is 20.8 Å². The number of carbonyl (C=O) groups is 1. The number of fused-ring (bicyclic) bond motifs is 2. The van der Waals surface area contributed by atoms with Crippen LogP contribution in [0.15, 0.2) is 0 Å². The van der Waals surface area contributed by atoms with Gasteiger partial charge in [0.1, 0.15) is 0 Å². The van der Waals surface area contributed by atoms with E-state index in [-0.39, 0.29) is 34.0 Å². The first-order valence-corrected chi connectivity index (χ1v) is 14.5. The Labute approximate surface area is 216 Å². The molecule has 6 nitrogen and oxygen atoms in total. The summed E-state index contributed by atoms with van der Waals surface area (Å²) in [5.74, 6) is 0.399. The van der Waals surface area contributed by atoms with E-state index in [4.69, 9.17) is 0 Å². The van der Waals surface area contributed by atoms with Crippen LogP contribution in [0.5, 0.6) is 0 Å². The van der Waals surface area contributed by atoms with Crippen molar-refractivity contribution >= 4 is 5.97 Å². The lowest BCUT2D eigenvalue weighted by Crippen LogP contribution is -2.63. The van der Waals surface area contributed by atoms with Crippen molar-refractivity contribution in [2.45, 2.75) is 130 Å². The summed E-state index contributed by atoms with van der Waals surface area (Å²) in [5.41, 5.74) is -2.33. The van der Waals surface area contributed by atoms with Crippen LogP contribution in [0, 0.1) is 50.7 Å². The molecule has 0 aromatic carbocycles. The number of rotatable bonds is 6. The normalized spacial score (nSPS) is 53.4. The molecule has 2 spiro atoms. The summed E-state index contributed by atoms with van der Waals surface area (Å²) >= 11 is 0. The summed E-state index contributed by atoms with van der Waals surface area (Å²) in [6.07, 6.45) is 6.46. The molecule has 36 heavy (non-hydrogen) atoms.